The summed E-state index contributed by atoms with van der Waals surface area (Å²) in [5.41, 5.74) is 1.24. The lowest BCUT2D eigenvalue weighted by Crippen LogP contribution is -2.23. The number of carbonyl (C=O) groups excluding carboxylic acids is 1. The van der Waals surface area contributed by atoms with Crippen molar-refractivity contribution < 1.29 is 14.1 Å². The smallest absolute Gasteiger partial charge is 0.271 e. The summed E-state index contributed by atoms with van der Waals surface area (Å²) < 4.78 is 10.8. The first-order valence-electron chi connectivity index (χ1n) is 7.14. The van der Waals surface area contributed by atoms with Crippen molar-refractivity contribution >= 4 is 5.91 Å². The number of hydrogen-bond donors (Lipinski definition) is 2. The Kier molecular flexibility index (Phi) is 2.95. The molecular weight excluding hydrogens is 274 g/mol. The summed E-state index contributed by atoms with van der Waals surface area (Å²) in [5, 5.41) is 6.74. The molecule has 1 fully saturated rings. The van der Waals surface area contributed by atoms with E-state index in [9.17, 15) is 4.79 Å². The number of hydrogen-bond acceptors (Lipinski definition) is 6. The van der Waals surface area contributed by atoms with Gasteiger partial charge >= 0.3 is 0 Å². The van der Waals surface area contributed by atoms with Crippen LogP contribution < -0.4 is 5.32 Å². The van der Waals surface area contributed by atoms with Crippen molar-refractivity contribution in [3.8, 4) is 11.6 Å². The molecule has 0 aromatic carbocycles. The monoisotopic (exact) mass is 289 g/mol. The Morgan fingerprint density at radius 2 is 2.19 bits per heavy atom. The molecule has 1 saturated heterocycles. The molecule has 4 rings (SSSR count). The number of rotatable bonds is 2. The number of nitrogens with one attached hydrogen (secondary N) is 2. The van der Waals surface area contributed by atoms with Gasteiger partial charge < -0.3 is 19.6 Å². The van der Waals surface area contributed by atoms with Crippen molar-refractivity contribution in [1.29, 1.82) is 0 Å². The molecule has 2 aliphatic heterocycles. The molecule has 2 aromatic heterocycles. The van der Waals surface area contributed by atoms with Gasteiger partial charge in [0.1, 0.15) is 11.8 Å². The number of fused-ring (bicyclic) bond motifs is 1. The molecular formula is C13H15N5O3. The largest absolute Gasteiger partial charge is 0.368 e. The number of nitrogens with zero attached hydrogens (tertiary/aromatic N) is 3. The van der Waals surface area contributed by atoms with Gasteiger partial charge in [-0.05, 0) is 25.7 Å². The Morgan fingerprint density at radius 1 is 1.24 bits per heavy atom. The van der Waals surface area contributed by atoms with E-state index < -0.39 is 0 Å². The summed E-state index contributed by atoms with van der Waals surface area (Å²) in [6.07, 6.45) is 3.42. The van der Waals surface area contributed by atoms with E-state index in [2.05, 4.69) is 25.4 Å². The third-order valence-electron chi connectivity index (χ3n) is 3.74. The molecule has 2 N–H and O–H groups in total. The first kappa shape index (κ1) is 12.5. The molecule has 0 aliphatic carbocycles. The molecule has 4 heterocycles. The van der Waals surface area contributed by atoms with Crippen molar-refractivity contribution in [2.24, 2.45) is 0 Å². The summed E-state index contributed by atoms with van der Waals surface area (Å²) in [6, 6.07) is 0. The van der Waals surface area contributed by atoms with Crippen LogP contribution in [0.1, 0.15) is 47.4 Å². The van der Waals surface area contributed by atoms with Gasteiger partial charge in [0.15, 0.2) is 5.82 Å². The van der Waals surface area contributed by atoms with Gasteiger partial charge in [-0.25, -0.2) is 4.98 Å². The number of aromatic amines is 1. The van der Waals surface area contributed by atoms with Crippen molar-refractivity contribution in [2.45, 2.75) is 31.8 Å². The minimum absolute atomic E-state index is 0.123. The van der Waals surface area contributed by atoms with Crippen LogP contribution >= 0.6 is 0 Å². The lowest BCUT2D eigenvalue weighted by atomic mass is 10.2. The molecule has 0 radical (unpaired) electrons. The number of aryl methyl sites for hydroxylation is 1. The fourth-order valence-corrected chi connectivity index (χ4v) is 2.67. The minimum Gasteiger partial charge on any atom is -0.368 e. The Morgan fingerprint density at radius 3 is 3.05 bits per heavy atom. The normalized spacial score (nSPS) is 21.9. The van der Waals surface area contributed by atoms with E-state index in [1.807, 2.05) is 0 Å². The SMILES string of the molecule is O=C1NCCCc2[nH]c(-c3noc([C@@H]4CCCO4)n3)nc21. The summed E-state index contributed by atoms with van der Waals surface area (Å²) >= 11 is 0. The average Bonchev–Trinajstić information content (AvgIpc) is 3.20. The van der Waals surface area contributed by atoms with Gasteiger partial charge in [0, 0.05) is 18.8 Å². The number of H-pyrrole nitrogens is 1. The van der Waals surface area contributed by atoms with Crippen LogP contribution in [0.5, 0.6) is 0 Å². The van der Waals surface area contributed by atoms with Crippen molar-refractivity contribution in [3.05, 3.63) is 17.3 Å². The maximum Gasteiger partial charge on any atom is 0.271 e. The number of aromatic nitrogens is 4. The highest BCUT2D eigenvalue weighted by Crippen LogP contribution is 2.28. The molecule has 0 saturated carbocycles. The first-order chi connectivity index (χ1) is 10.3. The van der Waals surface area contributed by atoms with Crippen LogP contribution in [0.2, 0.25) is 0 Å². The van der Waals surface area contributed by atoms with Gasteiger partial charge in [-0.15, -0.1) is 0 Å². The fourth-order valence-electron chi connectivity index (χ4n) is 2.67. The van der Waals surface area contributed by atoms with Gasteiger partial charge in [-0.2, -0.15) is 4.98 Å². The zero-order valence-corrected chi connectivity index (χ0v) is 11.4. The molecule has 21 heavy (non-hydrogen) atoms. The molecule has 1 atom stereocenters. The van der Waals surface area contributed by atoms with Gasteiger partial charge in [-0.1, -0.05) is 5.16 Å². The molecule has 110 valence electrons. The second-order valence-corrected chi connectivity index (χ2v) is 5.23. The maximum absolute atomic E-state index is 11.9. The molecule has 1 amide bonds. The van der Waals surface area contributed by atoms with E-state index in [4.69, 9.17) is 9.26 Å². The van der Waals surface area contributed by atoms with Crippen LogP contribution in [0.25, 0.3) is 11.6 Å². The van der Waals surface area contributed by atoms with Crippen molar-refractivity contribution in [1.82, 2.24) is 25.4 Å². The van der Waals surface area contributed by atoms with Crippen LogP contribution in [0.3, 0.4) is 0 Å². The van der Waals surface area contributed by atoms with Crippen LogP contribution in [0.4, 0.5) is 0 Å². The Hall–Kier alpha value is -2.22. The maximum atomic E-state index is 11.9. The number of ether oxygens (including phenoxy) is 1. The summed E-state index contributed by atoms with van der Waals surface area (Å²) in [4.78, 5) is 23.6. The summed E-state index contributed by atoms with van der Waals surface area (Å²) in [6.45, 7) is 1.39. The number of amides is 1. The predicted octanol–water partition coefficient (Wildman–Crippen LogP) is 0.987. The summed E-state index contributed by atoms with van der Waals surface area (Å²) in [5.74, 6) is 1.14. The molecule has 8 nitrogen and oxygen atoms in total. The molecule has 0 spiro atoms. The summed E-state index contributed by atoms with van der Waals surface area (Å²) in [7, 11) is 0. The van der Waals surface area contributed by atoms with Gasteiger partial charge in [0.25, 0.3) is 11.8 Å². The third-order valence-corrected chi connectivity index (χ3v) is 3.74. The molecule has 2 aromatic rings. The lowest BCUT2D eigenvalue weighted by Gasteiger charge is -2.00. The number of carbonyl (C=O) groups is 1. The van der Waals surface area contributed by atoms with Crippen LogP contribution in [-0.4, -0.2) is 39.2 Å². The fraction of sp³-hybridized carbons (Fsp3) is 0.538. The quantitative estimate of drug-likeness (QED) is 0.854. The van der Waals surface area contributed by atoms with E-state index in [0.29, 0.717) is 29.8 Å². The van der Waals surface area contributed by atoms with Crippen molar-refractivity contribution in [3.63, 3.8) is 0 Å². The molecule has 0 unspecified atom stereocenters. The van der Waals surface area contributed by atoms with Crippen LogP contribution in [0.15, 0.2) is 4.52 Å². The minimum atomic E-state index is -0.159. The molecule has 0 bridgehead atoms. The zero-order valence-electron chi connectivity index (χ0n) is 11.4. The standard InChI is InChI=1S/C13H15N5O3/c19-12-9-7(3-1-5-14-12)15-10(16-9)11-17-13(21-18-11)8-4-2-6-20-8/h8H,1-6H2,(H,14,19)(H,15,16)/t8-/m0/s1. The van der Waals surface area contributed by atoms with E-state index >= 15 is 0 Å². The average molecular weight is 289 g/mol. The van der Waals surface area contributed by atoms with Crippen LogP contribution in [0, 0.1) is 0 Å². The van der Waals surface area contributed by atoms with Gasteiger partial charge in [0.2, 0.25) is 5.82 Å². The predicted molar refractivity (Wildman–Crippen MR) is 70.5 cm³/mol. The van der Waals surface area contributed by atoms with E-state index in [1.165, 1.54) is 0 Å². The second-order valence-electron chi connectivity index (χ2n) is 5.23. The van der Waals surface area contributed by atoms with Crippen molar-refractivity contribution in [2.75, 3.05) is 13.2 Å². The van der Waals surface area contributed by atoms with E-state index in [1.54, 1.807) is 0 Å². The van der Waals surface area contributed by atoms with Gasteiger partial charge in [0.05, 0.1) is 0 Å². The topological polar surface area (TPSA) is 106 Å². The highest BCUT2D eigenvalue weighted by molar-refractivity contribution is 5.94. The number of imidazole rings is 1. The lowest BCUT2D eigenvalue weighted by molar-refractivity contribution is 0.0835. The molecule has 8 heteroatoms. The highest BCUT2D eigenvalue weighted by Gasteiger charge is 2.26. The Bertz CT molecular complexity index is 671. The van der Waals surface area contributed by atoms with E-state index in [0.717, 1.165) is 38.0 Å². The molecule has 2 aliphatic rings. The third kappa shape index (κ3) is 2.21. The van der Waals surface area contributed by atoms with E-state index in [-0.39, 0.29) is 12.0 Å². The van der Waals surface area contributed by atoms with Gasteiger partial charge in [-0.3, -0.25) is 4.79 Å². The first-order valence-corrected chi connectivity index (χ1v) is 7.14. The highest BCUT2D eigenvalue weighted by atomic mass is 16.5. The zero-order chi connectivity index (χ0) is 14.2. The Labute approximate surface area is 120 Å². The second kappa shape index (κ2) is 4.96. The van der Waals surface area contributed by atoms with Crippen LogP contribution in [-0.2, 0) is 11.2 Å². The Balaban J connectivity index is 1.64.